The van der Waals surface area contributed by atoms with Gasteiger partial charge in [0.25, 0.3) is 0 Å². The van der Waals surface area contributed by atoms with Crippen molar-refractivity contribution in [3.8, 4) is 0 Å². The van der Waals surface area contributed by atoms with E-state index in [9.17, 15) is 9.59 Å². The Morgan fingerprint density at radius 3 is 2.96 bits per heavy atom. The van der Waals surface area contributed by atoms with Crippen LogP contribution in [0.3, 0.4) is 0 Å². The maximum Gasteiger partial charge on any atom is 0.303 e. The molecule has 1 heterocycles. The number of hydrogen-bond acceptors (Lipinski definition) is 5. The molecule has 1 aromatic rings. The van der Waals surface area contributed by atoms with Crippen LogP contribution in [-0.2, 0) is 19.9 Å². The van der Waals surface area contributed by atoms with Gasteiger partial charge < -0.3 is 15.6 Å². The number of benzene rings is 1. The second-order valence-corrected chi connectivity index (χ2v) is 6.60. The van der Waals surface area contributed by atoms with Gasteiger partial charge in [-0.1, -0.05) is 29.8 Å². The zero-order valence-electron chi connectivity index (χ0n) is 13.1. The molecule has 1 aliphatic heterocycles. The van der Waals surface area contributed by atoms with Crippen molar-refractivity contribution in [1.29, 1.82) is 0 Å². The normalized spacial score (nSPS) is 27.2. The molecular formula is C17H19ClN2O4. The highest BCUT2D eigenvalue weighted by Crippen LogP contribution is 2.44. The van der Waals surface area contributed by atoms with Crippen molar-refractivity contribution < 1.29 is 19.4 Å². The summed E-state index contributed by atoms with van der Waals surface area (Å²) < 4.78 is 5.69. The first kappa shape index (κ1) is 16.9. The fraction of sp³-hybridized carbons (Fsp3) is 0.471. The Morgan fingerprint density at radius 1 is 1.50 bits per heavy atom. The van der Waals surface area contributed by atoms with Crippen LogP contribution in [0.4, 0.5) is 0 Å². The van der Waals surface area contributed by atoms with Gasteiger partial charge in [-0.05, 0) is 31.7 Å². The number of fused-ring (bicyclic) bond motifs is 2. The molecule has 3 atom stereocenters. The van der Waals surface area contributed by atoms with Crippen molar-refractivity contribution in [2.24, 2.45) is 10.7 Å². The average molecular weight is 351 g/mol. The summed E-state index contributed by atoms with van der Waals surface area (Å²) in [6.45, 7) is 0. The highest BCUT2D eigenvalue weighted by Gasteiger charge is 2.52. The largest absolute Gasteiger partial charge is 0.481 e. The number of aliphatic carboxylic acids is 1. The van der Waals surface area contributed by atoms with Gasteiger partial charge in [-0.3, -0.25) is 9.59 Å². The standard InChI is InChI=1S/C17H19ClN2O4/c18-11-5-2-1-4-10(11)17-9-3-6-13(15(17)23)24-16(20-17)12(19)7-8-14(21)22/h1-2,4-5,12-13H,3,6-9,19H2,(H,21,22)/t12?,13-,17-/m1/s1. The molecule has 1 fully saturated rings. The van der Waals surface area contributed by atoms with Crippen molar-refractivity contribution in [1.82, 2.24) is 0 Å². The lowest BCUT2D eigenvalue weighted by Gasteiger charge is -2.42. The van der Waals surface area contributed by atoms with Gasteiger partial charge in [-0.2, -0.15) is 0 Å². The van der Waals surface area contributed by atoms with E-state index in [1.807, 2.05) is 6.07 Å². The Labute approximate surface area is 144 Å². The van der Waals surface area contributed by atoms with E-state index in [0.717, 1.165) is 6.42 Å². The van der Waals surface area contributed by atoms with Gasteiger partial charge in [-0.25, -0.2) is 4.99 Å². The predicted molar refractivity (Wildman–Crippen MR) is 89.1 cm³/mol. The molecular weight excluding hydrogens is 332 g/mol. The molecule has 3 N–H and O–H groups in total. The first-order chi connectivity index (χ1) is 11.4. The van der Waals surface area contributed by atoms with Crippen LogP contribution in [0.5, 0.6) is 0 Å². The molecule has 1 aliphatic carbocycles. The van der Waals surface area contributed by atoms with E-state index in [4.69, 9.17) is 27.2 Å². The van der Waals surface area contributed by atoms with Crippen molar-refractivity contribution in [2.75, 3.05) is 0 Å². The first-order valence-corrected chi connectivity index (χ1v) is 8.35. The lowest BCUT2D eigenvalue weighted by atomic mass is 9.73. The molecule has 2 aliphatic rings. The maximum atomic E-state index is 12.9. The number of nitrogens with two attached hydrogens (primary N) is 1. The summed E-state index contributed by atoms with van der Waals surface area (Å²) in [6, 6.07) is 6.50. The minimum Gasteiger partial charge on any atom is -0.481 e. The minimum atomic E-state index is -1.07. The van der Waals surface area contributed by atoms with E-state index in [1.54, 1.807) is 18.2 Å². The molecule has 7 heteroatoms. The van der Waals surface area contributed by atoms with Crippen LogP contribution in [0.25, 0.3) is 0 Å². The number of ketones is 1. The number of hydrogen-bond donors (Lipinski definition) is 2. The van der Waals surface area contributed by atoms with Crippen LogP contribution in [0.1, 0.15) is 37.7 Å². The molecule has 1 aromatic carbocycles. The number of nitrogens with zero attached hydrogens (tertiary/aromatic N) is 1. The highest BCUT2D eigenvalue weighted by molar-refractivity contribution is 6.32. The third kappa shape index (κ3) is 2.91. The Balaban J connectivity index is 2.01. The Morgan fingerprint density at radius 2 is 2.25 bits per heavy atom. The number of carboxylic acids is 1. The van der Waals surface area contributed by atoms with Gasteiger partial charge in [0.15, 0.2) is 11.6 Å². The number of carboxylic acid groups (broad SMARTS) is 1. The molecule has 0 radical (unpaired) electrons. The predicted octanol–water partition coefficient (Wildman–Crippen LogP) is 2.28. The number of halogens is 1. The van der Waals surface area contributed by atoms with Crippen molar-refractivity contribution in [3.05, 3.63) is 34.9 Å². The van der Waals surface area contributed by atoms with Gasteiger partial charge in [-0.15, -0.1) is 0 Å². The summed E-state index contributed by atoms with van der Waals surface area (Å²) in [6.07, 6.45) is 1.47. The van der Waals surface area contributed by atoms with Crippen LogP contribution in [0, 0.1) is 0 Å². The third-order valence-corrected chi connectivity index (χ3v) is 4.90. The second kappa shape index (κ2) is 6.53. The van der Waals surface area contributed by atoms with E-state index < -0.39 is 23.7 Å². The van der Waals surface area contributed by atoms with Crippen molar-refractivity contribution >= 4 is 29.3 Å². The quantitative estimate of drug-likeness (QED) is 0.848. The zero-order valence-corrected chi connectivity index (χ0v) is 13.8. The van der Waals surface area contributed by atoms with Gasteiger partial charge in [0, 0.05) is 17.0 Å². The summed E-state index contributed by atoms with van der Waals surface area (Å²) in [5, 5.41) is 9.30. The van der Waals surface area contributed by atoms with E-state index in [2.05, 4.69) is 4.99 Å². The monoisotopic (exact) mass is 350 g/mol. The summed E-state index contributed by atoms with van der Waals surface area (Å²) in [5.41, 5.74) is 5.64. The summed E-state index contributed by atoms with van der Waals surface area (Å²) >= 11 is 6.32. The molecule has 2 bridgehead atoms. The van der Waals surface area contributed by atoms with Crippen molar-refractivity contribution in [3.63, 3.8) is 0 Å². The topological polar surface area (TPSA) is 102 Å². The first-order valence-electron chi connectivity index (χ1n) is 7.97. The van der Waals surface area contributed by atoms with E-state index in [1.165, 1.54) is 0 Å². The molecule has 24 heavy (non-hydrogen) atoms. The highest BCUT2D eigenvalue weighted by atomic mass is 35.5. The Kier molecular flexibility index (Phi) is 4.60. The fourth-order valence-electron chi connectivity index (χ4n) is 3.34. The third-order valence-electron chi connectivity index (χ3n) is 4.57. The SMILES string of the molecule is NC(CCC(=O)O)C1=N[C@@]2(c3ccccc3Cl)CCC[C@@H](O1)C2=O. The number of carbonyl (C=O) groups is 2. The molecule has 0 aromatic heterocycles. The molecule has 128 valence electrons. The number of carbonyl (C=O) groups excluding carboxylic acids is 1. The average Bonchev–Trinajstić information content (AvgIpc) is 2.53. The number of aliphatic imine (C=N–C) groups is 1. The second-order valence-electron chi connectivity index (χ2n) is 6.19. The molecule has 6 nitrogen and oxygen atoms in total. The minimum absolute atomic E-state index is 0.0821. The number of Topliss-reactive ketones (excluding diaryl/α,β-unsaturated/α-hetero) is 1. The lowest BCUT2D eigenvalue weighted by Crippen LogP contribution is -2.54. The van der Waals surface area contributed by atoms with Gasteiger partial charge in [0.1, 0.15) is 0 Å². The lowest BCUT2D eigenvalue weighted by molar-refractivity contribution is -0.138. The number of ether oxygens (including phenoxy) is 1. The summed E-state index contributed by atoms with van der Waals surface area (Å²) in [7, 11) is 0. The van der Waals surface area contributed by atoms with Crippen LogP contribution in [0.2, 0.25) is 5.02 Å². The van der Waals surface area contributed by atoms with Gasteiger partial charge in [0.2, 0.25) is 11.7 Å². The summed E-state index contributed by atoms with van der Waals surface area (Å²) in [4.78, 5) is 28.2. The van der Waals surface area contributed by atoms with E-state index >= 15 is 0 Å². The molecule has 0 saturated heterocycles. The number of rotatable bonds is 5. The molecule has 3 rings (SSSR count). The van der Waals surface area contributed by atoms with E-state index in [-0.39, 0.29) is 24.5 Å². The van der Waals surface area contributed by atoms with Gasteiger partial charge >= 0.3 is 5.97 Å². The molecule has 1 saturated carbocycles. The van der Waals surface area contributed by atoms with E-state index in [0.29, 0.717) is 23.4 Å². The zero-order chi connectivity index (χ0) is 17.3. The van der Waals surface area contributed by atoms with Gasteiger partial charge in [0.05, 0.1) is 6.04 Å². The molecule has 0 spiro atoms. The summed E-state index contributed by atoms with van der Waals surface area (Å²) in [5.74, 6) is -0.782. The smallest absolute Gasteiger partial charge is 0.303 e. The molecule has 0 amide bonds. The Bertz CT molecular complexity index is 706. The Hall–Kier alpha value is -1.92. The molecule has 1 unspecified atom stereocenters. The van der Waals surface area contributed by atoms with Crippen LogP contribution in [-0.4, -0.2) is 34.9 Å². The van der Waals surface area contributed by atoms with Crippen molar-refractivity contribution in [2.45, 2.75) is 49.8 Å². The van der Waals surface area contributed by atoms with Crippen LogP contribution >= 0.6 is 11.6 Å². The van der Waals surface area contributed by atoms with Crippen LogP contribution < -0.4 is 5.73 Å². The fourth-order valence-corrected chi connectivity index (χ4v) is 3.64. The van der Waals surface area contributed by atoms with Crippen LogP contribution in [0.15, 0.2) is 29.3 Å². The maximum absolute atomic E-state index is 12.9.